The van der Waals surface area contributed by atoms with Gasteiger partial charge in [-0.25, -0.2) is 15.8 Å². The minimum Gasteiger partial charge on any atom is -0.385 e. The Morgan fingerprint density at radius 2 is 1.95 bits per heavy atom. The van der Waals surface area contributed by atoms with Gasteiger partial charge in [-0.1, -0.05) is 20.8 Å². The van der Waals surface area contributed by atoms with Crippen LogP contribution in [0.4, 0.5) is 11.6 Å². The molecule has 1 aromatic heterocycles. The van der Waals surface area contributed by atoms with Gasteiger partial charge in [0.25, 0.3) is 0 Å². The summed E-state index contributed by atoms with van der Waals surface area (Å²) in [7, 11) is 1.75. The molecular formula is C15H27N5O. The van der Waals surface area contributed by atoms with E-state index in [-0.39, 0.29) is 5.41 Å². The molecule has 21 heavy (non-hydrogen) atoms. The molecule has 0 atom stereocenters. The maximum Gasteiger partial charge on any atom is 0.145 e. The zero-order chi connectivity index (χ0) is 15.5. The van der Waals surface area contributed by atoms with Gasteiger partial charge in [-0.3, -0.25) is 0 Å². The number of hydrazine groups is 1. The van der Waals surface area contributed by atoms with Crippen LogP contribution in [0.25, 0.3) is 0 Å². The van der Waals surface area contributed by atoms with E-state index >= 15 is 0 Å². The molecule has 4 N–H and O–H groups in total. The van der Waals surface area contributed by atoms with Crippen LogP contribution in [0.1, 0.15) is 45.9 Å². The van der Waals surface area contributed by atoms with Crippen LogP contribution in [0.2, 0.25) is 0 Å². The minimum atomic E-state index is -0.114. The normalized spacial score (nSPS) is 16.6. The number of methoxy groups -OCH3 is 1. The summed E-state index contributed by atoms with van der Waals surface area (Å²) in [6.07, 6.45) is 3.60. The Morgan fingerprint density at radius 1 is 1.29 bits per heavy atom. The third-order valence-corrected chi connectivity index (χ3v) is 3.98. The standard InChI is InChI=1S/C15H27N5O/c1-14(2,3)13-18-11(9-12(19-13)20-16)17-10-15(5-6-15)7-8-21-4/h9H,5-8,10,16H2,1-4H3,(H2,17,18,19,20). The maximum atomic E-state index is 5.51. The second-order valence-electron chi connectivity index (χ2n) is 6.95. The van der Waals surface area contributed by atoms with Crippen molar-refractivity contribution in [2.75, 3.05) is 31.0 Å². The van der Waals surface area contributed by atoms with Crippen LogP contribution in [0.5, 0.6) is 0 Å². The Labute approximate surface area is 126 Å². The molecule has 0 radical (unpaired) electrons. The molecule has 0 saturated heterocycles. The fourth-order valence-electron chi connectivity index (χ4n) is 2.24. The highest BCUT2D eigenvalue weighted by molar-refractivity contribution is 5.47. The van der Waals surface area contributed by atoms with E-state index in [1.165, 1.54) is 12.8 Å². The Bertz CT molecular complexity index is 479. The molecule has 1 fully saturated rings. The molecule has 6 nitrogen and oxygen atoms in total. The first kappa shape index (κ1) is 16.0. The molecule has 1 saturated carbocycles. The molecule has 0 aliphatic heterocycles. The summed E-state index contributed by atoms with van der Waals surface area (Å²) >= 11 is 0. The molecule has 1 heterocycles. The van der Waals surface area contributed by atoms with Gasteiger partial charge in [-0.05, 0) is 24.7 Å². The van der Waals surface area contributed by atoms with Gasteiger partial charge in [-0.2, -0.15) is 0 Å². The van der Waals surface area contributed by atoms with Crippen molar-refractivity contribution in [2.24, 2.45) is 11.3 Å². The molecule has 2 rings (SSSR count). The second kappa shape index (κ2) is 6.15. The number of hydrogen-bond donors (Lipinski definition) is 3. The molecule has 1 aliphatic rings. The highest BCUT2D eigenvalue weighted by Crippen LogP contribution is 2.48. The zero-order valence-corrected chi connectivity index (χ0v) is 13.5. The second-order valence-corrected chi connectivity index (χ2v) is 6.95. The topological polar surface area (TPSA) is 85.1 Å². The minimum absolute atomic E-state index is 0.114. The van der Waals surface area contributed by atoms with E-state index in [1.807, 2.05) is 6.07 Å². The van der Waals surface area contributed by atoms with Crippen LogP contribution in [0.15, 0.2) is 6.07 Å². The lowest BCUT2D eigenvalue weighted by Crippen LogP contribution is -2.22. The summed E-state index contributed by atoms with van der Waals surface area (Å²) in [6, 6.07) is 1.85. The van der Waals surface area contributed by atoms with Gasteiger partial charge in [0, 0.05) is 31.7 Å². The molecule has 0 bridgehead atoms. The van der Waals surface area contributed by atoms with Gasteiger partial charge in [0.15, 0.2) is 0 Å². The van der Waals surface area contributed by atoms with Gasteiger partial charge in [0.05, 0.1) is 0 Å². The van der Waals surface area contributed by atoms with E-state index in [0.29, 0.717) is 11.2 Å². The zero-order valence-electron chi connectivity index (χ0n) is 13.5. The third kappa shape index (κ3) is 4.28. The Morgan fingerprint density at radius 3 is 2.48 bits per heavy atom. The summed E-state index contributed by atoms with van der Waals surface area (Å²) in [5.74, 6) is 7.75. The predicted octanol–water partition coefficient (Wildman–Crippen LogP) is 2.29. The molecule has 6 heteroatoms. The predicted molar refractivity (Wildman–Crippen MR) is 85.2 cm³/mol. The lowest BCUT2D eigenvalue weighted by atomic mass is 9.96. The molecular weight excluding hydrogens is 266 g/mol. The van der Waals surface area contributed by atoms with E-state index in [2.05, 4.69) is 41.5 Å². The van der Waals surface area contributed by atoms with Crippen LogP contribution >= 0.6 is 0 Å². The highest BCUT2D eigenvalue weighted by Gasteiger charge is 2.41. The van der Waals surface area contributed by atoms with Crippen molar-refractivity contribution in [1.29, 1.82) is 0 Å². The fraction of sp³-hybridized carbons (Fsp3) is 0.733. The number of nitrogens with one attached hydrogen (secondary N) is 2. The van der Waals surface area contributed by atoms with E-state index in [0.717, 1.165) is 31.2 Å². The molecule has 118 valence electrons. The van der Waals surface area contributed by atoms with E-state index in [9.17, 15) is 0 Å². The third-order valence-electron chi connectivity index (χ3n) is 3.98. The largest absolute Gasteiger partial charge is 0.385 e. The number of nitrogens with two attached hydrogens (primary N) is 1. The van der Waals surface area contributed by atoms with Gasteiger partial charge in [-0.15, -0.1) is 0 Å². The first-order valence-electron chi connectivity index (χ1n) is 7.48. The maximum absolute atomic E-state index is 5.51. The molecule has 0 amide bonds. The van der Waals surface area contributed by atoms with Crippen LogP contribution in [0.3, 0.4) is 0 Å². The van der Waals surface area contributed by atoms with Crippen molar-refractivity contribution in [3.63, 3.8) is 0 Å². The van der Waals surface area contributed by atoms with Gasteiger partial charge in [0.1, 0.15) is 17.5 Å². The van der Waals surface area contributed by atoms with Crippen molar-refractivity contribution in [3.05, 3.63) is 11.9 Å². The Balaban J connectivity index is 2.06. The van der Waals surface area contributed by atoms with Crippen molar-refractivity contribution in [1.82, 2.24) is 9.97 Å². The molecule has 1 aromatic rings. The van der Waals surface area contributed by atoms with Crippen LogP contribution < -0.4 is 16.6 Å². The average Bonchev–Trinajstić information content (AvgIpc) is 3.22. The lowest BCUT2D eigenvalue weighted by molar-refractivity contribution is 0.175. The van der Waals surface area contributed by atoms with Crippen molar-refractivity contribution in [3.8, 4) is 0 Å². The number of rotatable bonds is 7. The van der Waals surface area contributed by atoms with Crippen molar-refractivity contribution < 1.29 is 4.74 Å². The first-order chi connectivity index (χ1) is 9.88. The van der Waals surface area contributed by atoms with Crippen LogP contribution in [-0.2, 0) is 10.2 Å². The number of anilines is 2. The number of nitrogen functional groups attached to an aromatic ring is 1. The first-order valence-corrected chi connectivity index (χ1v) is 7.48. The number of hydrogen-bond acceptors (Lipinski definition) is 6. The summed E-state index contributed by atoms with van der Waals surface area (Å²) in [5, 5.41) is 3.44. The van der Waals surface area contributed by atoms with E-state index in [1.54, 1.807) is 7.11 Å². The summed E-state index contributed by atoms with van der Waals surface area (Å²) in [5.41, 5.74) is 2.88. The summed E-state index contributed by atoms with van der Waals surface area (Å²) in [4.78, 5) is 9.04. The van der Waals surface area contributed by atoms with Gasteiger partial charge >= 0.3 is 0 Å². The highest BCUT2D eigenvalue weighted by atomic mass is 16.5. The molecule has 1 aliphatic carbocycles. The quantitative estimate of drug-likeness (QED) is 0.528. The molecule has 0 spiro atoms. The van der Waals surface area contributed by atoms with Gasteiger partial charge in [0.2, 0.25) is 0 Å². The summed E-state index contributed by atoms with van der Waals surface area (Å²) < 4.78 is 5.19. The van der Waals surface area contributed by atoms with Crippen molar-refractivity contribution in [2.45, 2.75) is 45.4 Å². The van der Waals surface area contributed by atoms with E-state index in [4.69, 9.17) is 10.6 Å². The molecule has 0 unspecified atom stereocenters. The molecule has 0 aromatic carbocycles. The monoisotopic (exact) mass is 293 g/mol. The average molecular weight is 293 g/mol. The SMILES string of the molecule is COCCC1(CNc2cc(NN)nc(C(C)(C)C)n2)CC1. The number of nitrogens with zero attached hydrogens (tertiary/aromatic N) is 2. The Hall–Kier alpha value is -1.40. The number of aromatic nitrogens is 2. The van der Waals surface area contributed by atoms with Crippen LogP contribution in [0, 0.1) is 5.41 Å². The van der Waals surface area contributed by atoms with Crippen LogP contribution in [-0.4, -0.2) is 30.2 Å². The smallest absolute Gasteiger partial charge is 0.145 e. The van der Waals surface area contributed by atoms with Gasteiger partial charge < -0.3 is 15.5 Å². The lowest BCUT2D eigenvalue weighted by Gasteiger charge is -2.20. The fourth-order valence-corrected chi connectivity index (χ4v) is 2.24. The Kier molecular flexibility index (Phi) is 4.68. The number of ether oxygens (including phenoxy) is 1. The van der Waals surface area contributed by atoms with E-state index < -0.39 is 0 Å². The summed E-state index contributed by atoms with van der Waals surface area (Å²) in [6.45, 7) is 8.00. The van der Waals surface area contributed by atoms with Crippen molar-refractivity contribution >= 4 is 11.6 Å².